The fourth-order valence-corrected chi connectivity index (χ4v) is 2.87. The molecule has 0 aliphatic carbocycles. The molecule has 96 valence electrons. The molecule has 2 heterocycles. The zero-order chi connectivity index (χ0) is 12.4. The van der Waals surface area contributed by atoms with Crippen LogP contribution in [0.1, 0.15) is 24.8 Å². The summed E-state index contributed by atoms with van der Waals surface area (Å²) < 4.78 is 5.33. The number of hydrogen-bond acceptors (Lipinski definition) is 3. The number of anilines is 1. The first-order chi connectivity index (χ1) is 8.83. The van der Waals surface area contributed by atoms with Gasteiger partial charge in [-0.05, 0) is 30.4 Å². The lowest BCUT2D eigenvalue weighted by Crippen LogP contribution is -2.30. The van der Waals surface area contributed by atoms with Crippen LogP contribution in [-0.4, -0.2) is 25.0 Å². The van der Waals surface area contributed by atoms with E-state index >= 15 is 0 Å². The Bertz CT molecular complexity index is 413. The fourth-order valence-electron chi connectivity index (χ4n) is 2.87. The minimum Gasteiger partial charge on any atom is -0.381 e. The first kappa shape index (κ1) is 11.7. The second-order valence-electron chi connectivity index (χ2n) is 5.28. The second-order valence-corrected chi connectivity index (χ2v) is 5.28. The maximum absolute atomic E-state index is 12.3. The number of fused-ring (bicyclic) bond motifs is 1. The lowest BCUT2D eigenvalue weighted by molar-refractivity contribution is -0.121. The monoisotopic (exact) mass is 245 g/mol. The van der Waals surface area contributed by atoms with Crippen LogP contribution in [0.4, 0.5) is 5.69 Å². The average Bonchev–Trinajstić information content (AvgIpc) is 2.84. The first-order valence-corrected chi connectivity index (χ1v) is 6.78. The number of ketones is 1. The number of carbonyl (C=O) groups is 1. The van der Waals surface area contributed by atoms with E-state index in [1.54, 1.807) is 0 Å². The predicted octanol–water partition coefficient (Wildman–Crippen LogP) is 2.41. The Hall–Kier alpha value is -1.35. The van der Waals surface area contributed by atoms with Gasteiger partial charge < -0.3 is 10.1 Å². The number of hydrogen-bond donors (Lipinski definition) is 1. The zero-order valence-corrected chi connectivity index (χ0v) is 10.5. The molecule has 0 saturated carbocycles. The van der Waals surface area contributed by atoms with Crippen molar-refractivity contribution in [1.82, 2.24) is 0 Å². The van der Waals surface area contributed by atoms with Gasteiger partial charge in [0, 0.05) is 31.7 Å². The van der Waals surface area contributed by atoms with Crippen molar-refractivity contribution >= 4 is 11.5 Å². The molecule has 1 atom stereocenters. The van der Waals surface area contributed by atoms with Gasteiger partial charge in [-0.25, -0.2) is 0 Å². The van der Waals surface area contributed by atoms with Crippen molar-refractivity contribution in [3.63, 3.8) is 0 Å². The summed E-state index contributed by atoms with van der Waals surface area (Å²) in [4.78, 5) is 12.3. The van der Waals surface area contributed by atoms with Gasteiger partial charge in [0.15, 0.2) is 5.78 Å². The topological polar surface area (TPSA) is 38.3 Å². The summed E-state index contributed by atoms with van der Waals surface area (Å²) in [7, 11) is 0. The molecule has 1 unspecified atom stereocenters. The van der Waals surface area contributed by atoms with E-state index in [0.29, 0.717) is 18.1 Å². The van der Waals surface area contributed by atoms with Gasteiger partial charge in [-0.15, -0.1) is 0 Å². The minimum absolute atomic E-state index is 0.00903. The Kier molecular flexibility index (Phi) is 3.33. The Morgan fingerprint density at radius 1 is 1.28 bits per heavy atom. The van der Waals surface area contributed by atoms with Crippen LogP contribution >= 0.6 is 0 Å². The van der Waals surface area contributed by atoms with E-state index in [2.05, 4.69) is 17.4 Å². The largest absolute Gasteiger partial charge is 0.381 e. The van der Waals surface area contributed by atoms with Crippen molar-refractivity contribution in [2.45, 2.75) is 31.7 Å². The Labute approximate surface area is 108 Å². The number of rotatable bonds is 3. The fraction of sp³-hybridized carbons (Fsp3) is 0.533. The number of ether oxygens (including phenoxy) is 1. The highest BCUT2D eigenvalue weighted by molar-refractivity contribution is 5.89. The minimum atomic E-state index is -0.00903. The number of para-hydroxylation sites is 1. The summed E-state index contributed by atoms with van der Waals surface area (Å²) in [5.74, 6) is 0.884. The number of benzene rings is 1. The van der Waals surface area contributed by atoms with Crippen LogP contribution in [0.3, 0.4) is 0 Å². The van der Waals surface area contributed by atoms with Gasteiger partial charge in [0.1, 0.15) is 0 Å². The molecule has 3 rings (SSSR count). The van der Waals surface area contributed by atoms with E-state index in [9.17, 15) is 4.79 Å². The second kappa shape index (κ2) is 5.11. The standard InChI is InChI=1S/C15H19NO2/c17-15(9-11-5-7-18-8-6-11)14-10-12-3-1-2-4-13(12)16-14/h1-4,11,14,16H,5-10H2. The van der Waals surface area contributed by atoms with E-state index in [1.807, 2.05) is 12.1 Å². The van der Waals surface area contributed by atoms with Gasteiger partial charge in [0.2, 0.25) is 0 Å². The summed E-state index contributed by atoms with van der Waals surface area (Å²) in [6, 6.07) is 8.19. The summed E-state index contributed by atoms with van der Waals surface area (Å²) in [5.41, 5.74) is 2.39. The van der Waals surface area contributed by atoms with E-state index in [1.165, 1.54) is 5.56 Å². The smallest absolute Gasteiger partial charge is 0.155 e. The van der Waals surface area contributed by atoms with E-state index < -0.39 is 0 Å². The third-order valence-electron chi connectivity index (χ3n) is 3.99. The van der Waals surface area contributed by atoms with Crippen molar-refractivity contribution in [3.05, 3.63) is 29.8 Å². The van der Waals surface area contributed by atoms with Gasteiger partial charge in [0.05, 0.1) is 6.04 Å². The lowest BCUT2D eigenvalue weighted by Gasteiger charge is -2.22. The van der Waals surface area contributed by atoms with Crippen LogP contribution in [0.5, 0.6) is 0 Å². The van der Waals surface area contributed by atoms with Crippen LogP contribution in [-0.2, 0) is 16.0 Å². The average molecular weight is 245 g/mol. The van der Waals surface area contributed by atoms with Crippen LogP contribution in [0.15, 0.2) is 24.3 Å². The molecule has 1 aromatic rings. The van der Waals surface area contributed by atoms with Crippen molar-refractivity contribution < 1.29 is 9.53 Å². The quantitative estimate of drug-likeness (QED) is 0.888. The van der Waals surface area contributed by atoms with E-state index in [-0.39, 0.29) is 6.04 Å². The molecule has 0 spiro atoms. The maximum Gasteiger partial charge on any atom is 0.155 e. The molecule has 2 aliphatic heterocycles. The number of nitrogens with one attached hydrogen (secondary N) is 1. The summed E-state index contributed by atoms with van der Waals surface area (Å²) >= 11 is 0. The summed E-state index contributed by atoms with van der Waals surface area (Å²) in [6.07, 6.45) is 3.62. The van der Waals surface area contributed by atoms with Crippen molar-refractivity contribution in [1.29, 1.82) is 0 Å². The van der Waals surface area contributed by atoms with Crippen molar-refractivity contribution in [3.8, 4) is 0 Å². The van der Waals surface area contributed by atoms with Crippen LogP contribution in [0.25, 0.3) is 0 Å². The van der Waals surface area contributed by atoms with E-state index in [0.717, 1.165) is 38.2 Å². The summed E-state index contributed by atoms with van der Waals surface area (Å²) in [6.45, 7) is 1.63. The normalized spacial score (nSPS) is 23.4. The highest BCUT2D eigenvalue weighted by Gasteiger charge is 2.28. The molecule has 3 nitrogen and oxygen atoms in total. The molecule has 1 aromatic carbocycles. The van der Waals surface area contributed by atoms with Gasteiger partial charge >= 0.3 is 0 Å². The van der Waals surface area contributed by atoms with Crippen molar-refractivity contribution in [2.75, 3.05) is 18.5 Å². The van der Waals surface area contributed by atoms with Gasteiger partial charge in [0.25, 0.3) is 0 Å². The SMILES string of the molecule is O=C(CC1CCOCC1)C1Cc2ccccc2N1. The molecule has 18 heavy (non-hydrogen) atoms. The predicted molar refractivity (Wildman–Crippen MR) is 70.7 cm³/mol. The van der Waals surface area contributed by atoms with Gasteiger partial charge in [-0.3, -0.25) is 4.79 Å². The van der Waals surface area contributed by atoms with Crippen LogP contribution in [0, 0.1) is 5.92 Å². The van der Waals surface area contributed by atoms with E-state index in [4.69, 9.17) is 4.74 Å². The molecule has 0 radical (unpaired) electrons. The summed E-state index contributed by atoms with van der Waals surface area (Å²) in [5, 5.41) is 3.34. The molecule has 1 fully saturated rings. The number of Topliss-reactive ketones (excluding diaryl/α,β-unsaturated/α-hetero) is 1. The molecular weight excluding hydrogens is 226 g/mol. The molecule has 1 saturated heterocycles. The first-order valence-electron chi connectivity index (χ1n) is 6.78. The lowest BCUT2D eigenvalue weighted by atomic mass is 9.91. The zero-order valence-electron chi connectivity index (χ0n) is 10.5. The van der Waals surface area contributed by atoms with Crippen molar-refractivity contribution in [2.24, 2.45) is 5.92 Å². The van der Waals surface area contributed by atoms with Crippen LogP contribution in [0.2, 0.25) is 0 Å². The third kappa shape index (κ3) is 2.41. The Morgan fingerprint density at radius 3 is 2.83 bits per heavy atom. The third-order valence-corrected chi connectivity index (χ3v) is 3.99. The maximum atomic E-state index is 12.3. The molecule has 0 amide bonds. The van der Waals surface area contributed by atoms with Gasteiger partial charge in [-0.2, -0.15) is 0 Å². The highest BCUT2D eigenvalue weighted by atomic mass is 16.5. The number of carbonyl (C=O) groups excluding carboxylic acids is 1. The molecular formula is C15H19NO2. The highest BCUT2D eigenvalue weighted by Crippen LogP contribution is 2.28. The molecule has 2 aliphatic rings. The molecule has 0 aromatic heterocycles. The Morgan fingerprint density at radius 2 is 2.06 bits per heavy atom. The molecule has 3 heteroatoms. The Balaban J connectivity index is 1.58. The molecule has 0 bridgehead atoms. The van der Waals surface area contributed by atoms with Gasteiger partial charge in [-0.1, -0.05) is 18.2 Å². The van der Waals surface area contributed by atoms with Crippen LogP contribution < -0.4 is 5.32 Å². The molecule has 1 N–H and O–H groups in total.